The predicted octanol–water partition coefficient (Wildman–Crippen LogP) is 2.61. The average molecular weight is 368 g/mol. The number of rotatable bonds is 9. The van der Waals surface area contributed by atoms with Gasteiger partial charge in [-0.15, -0.1) is 0 Å². The van der Waals surface area contributed by atoms with E-state index < -0.39 is 23.6 Å². The number of pyridine rings is 1. The summed E-state index contributed by atoms with van der Waals surface area (Å²) in [6, 6.07) is 3.27. The monoisotopic (exact) mass is 368 g/mol. The molecule has 1 heterocycles. The van der Waals surface area contributed by atoms with Crippen LogP contribution in [0.4, 0.5) is 4.79 Å². The van der Waals surface area contributed by atoms with Crippen molar-refractivity contribution in [2.75, 3.05) is 18.1 Å². The number of Topliss-reactive ketones (excluding diaryl/α,β-unsaturated/α-hetero) is 1. The zero-order valence-electron chi connectivity index (χ0n) is 14.7. The van der Waals surface area contributed by atoms with Gasteiger partial charge in [0.1, 0.15) is 5.60 Å². The zero-order valence-corrected chi connectivity index (χ0v) is 15.5. The third kappa shape index (κ3) is 9.09. The molecule has 0 aliphatic heterocycles. The highest BCUT2D eigenvalue weighted by atomic mass is 32.2. The Morgan fingerprint density at radius 1 is 1.36 bits per heavy atom. The number of nitrogens with one attached hydrogen (secondary N) is 1. The van der Waals surface area contributed by atoms with Gasteiger partial charge in [0.2, 0.25) is 0 Å². The summed E-state index contributed by atoms with van der Waals surface area (Å²) in [4.78, 5) is 38.8. The summed E-state index contributed by atoms with van der Waals surface area (Å²) >= 11 is 1.41. The number of amides is 1. The molecule has 0 fully saturated rings. The van der Waals surface area contributed by atoms with Crippen molar-refractivity contribution >= 4 is 29.6 Å². The van der Waals surface area contributed by atoms with Gasteiger partial charge in [-0.3, -0.25) is 14.6 Å². The van der Waals surface area contributed by atoms with Gasteiger partial charge in [0.15, 0.2) is 5.78 Å². The standard InChI is InChI=1S/C17H24N2O5S/c1-17(2,3)24-16(23)19-7-8-25-11-13(9-14(20)21)15(22)12-5-4-6-18-10-12/h4-6,10,13H,7-9,11H2,1-3H3,(H,19,23)(H,20,21). The Labute approximate surface area is 151 Å². The van der Waals surface area contributed by atoms with E-state index in [0.717, 1.165) is 0 Å². The maximum atomic E-state index is 12.4. The number of carbonyl (C=O) groups is 3. The molecule has 138 valence electrons. The van der Waals surface area contributed by atoms with Gasteiger partial charge >= 0.3 is 12.1 Å². The third-order valence-corrected chi connectivity index (χ3v) is 4.10. The van der Waals surface area contributed by atoms with Gasteiger partial charge in [-0.2, -0.15) is 11.8 Å². The van der Waals surface area contributed by atoms with Gasteiger partial charge in [-0.1, -0.05) is 0 Å². The fourth-order valence-corrected chi connectivity index (χ4v) is 2.91. The Morgan fingerprint density at radius 3 is 2.64 bits per heavy atom. The molecule has 0 radical (unpaired) electrons. The smallest absolute Gasteiger partial charge is 0.407 e. The summed E-state index contributed by atoms with van der Waals surface area (Å²) in [6.07, 6.45) is 2.26. The molecule has 0 spiro atoms. The lowest BCUT2D eigenvalue weighted by molar-refractivity contribution is -0.137. The quantitative estimate of drug-likeness (QED) is 0.510. The second-order valence-electron chi connectivity index (χ2n) is 6.40. The van der Waals surface area contributed by atoms with Crippen LogP contribution >= 0.6 is 11.8 Å². The van der Waals surface area contributed by atoms with Crippen LogP contribution in [0.25, 0.3) is 0 Å². The first-order valence-corrected chi connectivity index (χ1v) is 9.05. The molecule has 0 aliphatic carbocycles. The summed E-state index contributed by atoms with van der Waals surface area (Å²) in [7, 11) is 0. The second-order valence-corrected chi connectivity index (χ2v) is 7.55. The van der Waals surface area contributed by atoms with Crippen molar-refractivity contribution in [2.45, 2.75) is 32.8 Å². The summed E-state index contributed by atoms with van der Waals surface area (Å²) in [5, 5.41) is 11.6. The number of hydrogen-bond acceptors (Lipinski definition) is 6. The van der Waals surface area contributed by atoms with Crippen molar-refractivity contribution < 1.29 is 24.2 Å². The topological polar surface area (TPSA) is 106 Å². The van der Waals surface area contributed by atoms with E-state index >= 15 is 0 Å². The van der Waals surface area contributed by atoms with Crippen molar-refractivity contribution in [2.24, 2.45) is 5.92 Å². The van der Waals surface area contributed by atoms with Gasteiger partial charge in [-0.05, 0) is 32.9 Å². The zero-order chi connectivity index (χ0) is 18.9. The highest BCUT2D eigenvalue weighted by molar-refractivity contribution is 7.99. The van der Waals surface area contributed by atoms with Crippen LogP contribution in [0.3, 0.4) is 0 Å². The number of ether oxygens (including phenoxy) is 1. The number of alkyl carbamates (subject to hydrolysis) is 1. The molecule has 1 unspecified atom stereocenters. The van der Waals surface area contributed by atoms with E-state index in [1.807, 2.05) is 0 Å². The number of nitrogens with zero attached hydrogens (tertiary/aromatic N) is 1. The number of aliphatic carboxylic acids is 1. The summed E-state index contributed by atoms with van der Waals surface area (Å²) < 4.78 is 5.12. The first-order chi connectivity index (χ1) is 11.7. The lowest BCUT2D eigenvalue weighted by Gasteiger charge is -2.19. The van der Waals surface area contributed by atoms with Gasteiger partial charge in [0.25, 0.3) is 0 Å². The molecule has 0 bridgehead atoms. The molecule has 0 aliphatic rings. The summed E-state index contributed by atoms with van der Waals surface area (Å²) in [6.45, 7) is 5.71. The van der Waals surface area contributed by atoms with Crippen molar-refractivity contribution in [3.05, 3.63) is 30.1 Å². The summed E-state index contributed by atoms with van der Waals surface area (Å²) in [5.74, 6) is -0.975. The minimum Gasteiger partial charge on any atom is -0.481 e. The average Bonchev–Trinajstić information content (AvgIpc) is 2.51. The third-order valence-electron chi connectivity index (χ3n) is 2.97. The van der Waals surface area contributed by atoms with E-state index in [4.69, 9.17) is 9.84 Å². The maximum Gasteiger partial charge on any atom is 0.407 e. The van der Waals surface area contributed by atoms with Crippen molar-refractivity contribution in [1.29, 1.82) is 0 Å². The highest BCUT2D eigenvalue weighted by Gasteiger charge is 2.23. The molecule has 1 atom stereocenters. The fourth-order valence-electron chi connectivity index (χ4n) is 1.95. The molecule has 8 heteroatoms. The van der Waals surface area contributed by atoms with Crippen LogP contribution in [0, 0.1) is 5.92 Å². The van der Waals surface area contributed by atoms with Crippen LogP contribution in [-0.2, 0) is 9.53 Å². The molecule has 25 heavy (non-hydrogen) atoms. The Hall–Kier alpha value is -2.09. The van der Waals surface area contributed by atoms with Crippen molar-refractivity contribution in [1.82, 2.24) is 10.3 Å². The Bertz CT molecular complexity index is 586. The normalized spacial score (nSPS) is 12.3. The van der Waals surface area contributed by atoms with Crippen LogP contribution in [0.5, 0.6) is 0 Å². The van der Waals surface area contributed by atoms with Crippen LogP contribution in [0.15, 0.2) is 24.5 Å². The Morgan fingerprint density at radius 2 is 2.08 bits per heavy atom. The van der Waals surface area contributed by atoms with E-state index in [0.29, 0.717) is 23.6 Å². The molecule has 2 N–H and O–H groups in total. The molecule has 1 rings (SSSR count). The van der Waals surface area contributed by atoms with Crippen LogP contribution in [0.1, 0.15) is 37.6 Å². The maximum absolute atomic E-state index is 12.4. The number of aromatic nitrogens is 1. The van der Waals surface area contributed by atoms with E-state index in [9.17, 15) is 14.4 Å². The first kappa shape index (κ1) is 21.0. The van der Waals surface area contributed by atoms with E-state index in [1.165, 1.54) is 18.0 Å². The number of carboxylic acids is 1. The largest absolute Gasteiger partial charge is 0.481 e. The molecule has 7 nitrogen and oxygen atoms in total. The highest BCUT2D eigenvalue weighted by Crippen LogP contribution is 2.18. The van der Waals surface area contributed by atoms with E-state index in [1.54, 1.807) is 39.1 Å². The molecule has 1 aromatic rings. The van der Waals surface area contributed by atoms with Crippen LogP contribution < -0.4 is 5.32 Å². The summed E-state index contributed by atoms with van der Waals surface area (Å²) in [5.41, 5.74) is -0.152. The molecule has 0 saturated heterocycles. The number of hydrogen-bond donors (Lipinski definition) is 2. The van der Waals surface area contributed by atoms with E-state index in [2.05, 4.69) is 10.3 Å². The molecule has 0 saturated carbocycles. The molecule has 1 aromatic heterocycles. The number of thioether (sulfide) groups is 1. The second kappa shape index (κ2) is 10.0. The number of ketones is 1. The minimum absolute atomic E-state index is 0.233. The number of carbonyl (C=O) groups excluding carboxylic acids is 2. The fraction of sp³-hybridized carbons (Fsp3) is 0.529. The minimum atomic E-state index is -1.02. The van der Waals surface area contributed by atoms with Crippen LogP contribution in [-0.4, -0.2) is 51.6 Å². The SMILES string of the molecule is CC(C)(C)OC(=O)NCCSCC(CC(=O)O)C(=O)c1cccnc1. The first-order valence-electron chi connectivity index (χ1n) is 7.89. The van der Waals surface area contributed by atoms with Gasteiger partial charge in [-0.25, -0.2) is 4.79 Å². The van der Waals surface area contributed by atoms with Gasteiger partial charge in [0.05, 0.1) is 6.42 Å². The Balaban J connectivity index is 2.43. The van der Waals surface area contributed by atoms with Crippen molar-refractivity contribution in [3.63, 3.8) is 0 Å². The molecular formula is C17H24N2O5S. The Kier molecular flexibility index (Phi) is 8.40. The van der Waals surface area contributed by atoms with Crippen LogP contribution in [0.2, 0.25) is 0 Å². The number of carboxylic acid groups (broad SMARTS) is 1. The molecule has 1 amide bonds. The molecule has 0 aromatic carbocycles. The molecular weight excluding hydrogens is 344 g/mol. The predicted molar refractivity (Wildman–Crippen MR) is 95.9 cm³/mol. The lowest BCUT2D eigenvalue weighted by atomic mass is 9.97. The van der Waals surface area contributed by atoms with E-state index in [-0.39, 0.29) is 12.2 Å². The van der Waals surface area contributed by atoms with Gasteiger partial charge in [0, 0.05) is 41.9 Å². The lowest BCUT2D eigenvalue weighted by Crippen LogP contribution is -2.33. The van der Waals surface area contributed by atoms with Gasteiger partial charge < -0.3 is 15.2 Å². The van der Waals surface area contributed by atoms with Crippen molar-refractivity contribution in [3.8, 4) is 0 Å².